The van der Waals surface area contributed by atoms with E-state index in [0.29, 0.717) is 24.1 Å². The van der Waals surface area contributed by atoms with Gasteiger partial charge in [-0.3, -0.25) is 4.79 Å². The standard InChI is InChI=1S/C18H23N3O4S2/c1-4-21(15-7-8-27(23,24)11-15)16(22)10-26-18-20-19-17(25-18)14-6-5-12(2)13(3)9-14/h5-6,9,15H,4,7-8,10-11H2,1-3H3/t15-/m0/s1. The van der Waals surface area contributed by atoms with Crippen molar-refractivity contribution in [3.8, 4) is 11.5 Å². The van der Waals surface area contributed by atoms with Gasteiger partial charge in [0.2, 0.25) is 11.8 Å². The van der Waals surface area contributed by atoms with Crippen LogP contribution in [0, 0.1) is 13.8 Å². The third-order valence-corrected chi connectivity index (χ3v) is 7.34. The zero-order valence-corrected chi connectivity index (χ0v) is 17.3. The molecule has 0 radical (unpaired) electrons. The molecular weight excluding hydrogens is 386 g/mol. The lowest BCUT2D eigenvalue weighted by atomic mass is 10.1. The van der Waals surface area contributed by atoms with Crippen LogP contribution in [0.4, 0.5) is 0 Å². The van der Waals surface area contributed by atoms with Crippen molar-refractivity contribution in [1.29, 1.82) is 0 Å². The summed E-state index contributed by atoms with van der Waals surface area (Å²) in [6.07, 6.45) is 0.504. The highest BCUT2D eigenvalue weighted by Crippen LogP contribution is 2.26. The highest BCUT2D eigenvalue weighted by molar-refractivity contribution is 7.99. The van der Waals surface area contributed by atoms with Gasteiger partial charge in [-0.15, -0.1) is 10.2 Å². The number of nitrogens with zero attached hydrogens (tertiary/aromatic N) is 3. The Morgan fingerprint density at radius 1 is 1.30 bits per heavy atom. The molecule has 1 saturated heterocycles. The number of thioether (sulfide) groups is 1. The van der Waals surface area contributed by atoms with E-state index in [9.17, 15) is 13.2 Å². The minimum Gasteiger partial charge on any atom is -0.411 e. The normalized spacial score (nSPS) is 18.6. The number of amides is 1. The Balaban J connectivity index is 1.62. The Labute approximate surface area is 163 Å². The van der Waals surface area contributed by atoms with Gasteiger partial charge in [0.15, 0.2) is 9.84 Å². The fourth-order valence-electron chi connectivity index (χ4n) is 3.12. The fraction of sp³-hybridized carbons (Fsp3) is 0.500. The summed E-state index contributed by atoms with van der Waals surface area (Å²) in [7, 11) is -3.03. The van der Waals surface area contributed by atoms with Crippen molar-refractivity contribution in [1.82, 2.24) is 15.1 Å². The summed E-state index contributed by atoms with van der Waals surface area (Å²) < 4.78 is 29.0. The van der Waals surface area contributed by atoms with E-state index in [-0.39, 0.29) is 29.2 Å². The first kappa shape index (κ1) is 19.9. The van der Waals surface area contributed by atoms with Gasteiger partial charge in [-0.05, 0) is 50.5 Å². The van der Waals surface area contributed by atoms with Gasteiger partial charge in [0.05, 0.1) is 17.3 Å². The molecule has 0 aliphatic carbocycles. The third-order valence-electron chi connectivity index (χ3n) is 4.79. The van der Waals surface area contributed by atoms with Crippen LogP contribution >= 0.6 is 11.8 Å². The van der Waals surface area contributed by atoms with Crippen molar-refractivity contribution in [2.75, 3.05) is 23.8 Å². The van der Waals surface area contributed by atoms with Gasteiger partial charge < -0.3 is 9.32 Å². The second kappa shape index (κ2) is 8.02. The maximum atomic E-state index is 12.5. The first-order chi connectivity index (χ1) is 12.8. The van der Waals surface area contributed by atoms with Crippen LogP contribution in [0.5, 0.6) is 0 Å². The Morgan fingerprint density at radius 2 is 2.07 bits per heavy atom. The number of carbonyl (C=O) groups is 1. The van der Waals surface area contributed by atoms with Gasteiger partial charge >= 0.3 is 0 Å². The van der Waals surface area contributed by atoms with Crippen molar-refractivity contribution in [3.63, 3.8) is 0 Å². The van der Waals surface area contributed by atoms with E-state index in [1.165, 1.54) is 17.3 Å². The van der Waals surface area contributed by atoms with Crippen LogP contribution in [-0.4, -0.2) is 59.3 Å². The van der Waals surface area contributed by atoms with Crippen molar-refractivity contribution in [2.24, 2.45) is 0 Å². The van der Waals surface area contributed by atoms with Gasteiger partial charge in [-0.1, -0.05) is 17.8 Å². The Morgan fingerprint density at radius 3 is 2.70 bits per heavy atom. The first-order valence-electron chi connectivity index (χ1n) is 8.83. The summed E-state index contributed by atoms with van der Waals surface area (Å²) in [6.45, 7) is 6.40. The highest BCUT2D eigenvalue weighted by atomic mass is 32.2. The molecule has 1 fully saturated rings. The number of rotatable bonds is 6. The molecule has 27 heavy (non-hydrogen) atoms. The molecule has 1 aliphatic heterocycles. The van der Waals surface area contributed by atoms with Crippen molar-refractivity contribution in [2.45, 2.75) is 38.5 Å². The Bertz CT molecular complexity index is 940. The van der Waals surface area contributed by atoms with Crippen LogP contribution in [0.25, 0.3) is 11.5 Å². The van der Waals surface area contributed by atoms with Gasteiger partial charge in [-0.2, -0.15) is 0 Å². The molecule has 3 rings (SSSR count). The second-order valence-electron chi connectivity index (χ2n) is 6.70. The average Bonchev–Trinajstić information content (AvgIpc) is 3.23. The zero-order chi connectivity index (χ0) is 19.6. The molecule has 1 amide bonds. The Kier molecular flexibility index (Phi) is 5.90. The molecule has 2 aromatic rings. The van der Waals surface area contributed by atoms with Crippen molar-refractivity contribution < 1.29 is 17.6 Å². The third kappa shape index (κ3) is 4.70. The van der Waals surface area contributed by atoms with E-state index in [0.717, 1.165) is 11.1 Å². The van der Waals surface area contributed by atoms with Gasteiger partial charge in [-0.25, -0.2) is 8.42 Å². The molecule has 1 aromatic carbocycles. The maximum absolute atomic E-state index is 12.5. The minimum atomic E-state index is -3.03. The first-order valence-corrected chi connectivity index (χ1v) is 11.6. The van der Waals surface area contributed by atoms with Crippen LogP contribution in [0.15, 0.2) is 27.8 Å². The molecule has 2 heterocycles. The number of sulfone groups is 1. The number of carbonyl (C=O) groups excluding carboxylic acids is 1. The number of aromatic nitrogens is 2. The van der Waals surface area contributed by atoms with Crippen LogP contribution in [0.1, 0.15) is 24.5 Å². The van der Waals surface area contributed by atoms with E-state index in [4.69, 9.17) is 4.42 Å². The van der Waals surface area contributed by atoms with E-state index >= 15 is 0 Å². The molecular formula is C18H23N3O4S2. The predicted molar refractivity (Wildman–Crippen MR) is 104 cm³/mol. The minimum absolute atomic E-state index is 0.0503. The van der Waals surface area contributed by atoms with Gasteiger partial charge in [0.1, 0.15) is 0 Å². The second-order valence-corrected chi connectivity index (χ2v) is 9.85. The number of hydrogen-bond acceptors (Lipinski definition) is 7. The lowest BCUT2D eigenvalue weighted by Crippen LogP contribution is -2.41. The van der Waals surface area contributed by atoms with Gasteiger partial charge in [0, 0.05) is 18.2 Å². The van der Waals surface area contributed by atoms with Crippen LogP contribution in [0.3, 0.4) is 0 Å². The van der Waals surface area contributed by atoms with Crippen LogP contribution in [0.2, 0.25) is 0 Å². The maximum Gasteiger partial charge on any atom is 0.277 e. The number of hydrogen-bond donors (Lipinski definition) is 0. The molecule has 146 valence electrons. The molecule has 1 atom stereocenters. The molecule has 0 unspecified atom stereocenters. The van der Waals surface area contributed by atoms with E-state index < -0.39 is 9.84 Å². The molecule has 0 spiro atoms. The zero-order valence-electron chi connectivity index (χ0n) is 15.6. The summed E-state index contributed by atoms with van der Waals surface area (Å²) >= 11 is 1.17. The SMILES string of the molecule is CCN(C(=O)CSc1nnc(-c2ccc(C)c(C)c2)o1)[C@H]1CCS(=O)(=O)C1. The largest absolute Gasteiger partial charge is 0.411 e. The van der Waals surface area contributed by atoms with Gasteiger partial charge in [0.25, 0.3) is 5.22 Å². The van der Waals surface area contributed by atoms with E-state index in [1.54, 1.807) is 4.90 Å². The Hall–Kier alpha value is -1.87. The summed E-state index contributed by atoms with van der Waals surface area (Å²) in [4.78, 5) is 14.2. The predicted octanol–water partition coefficient (Wildman–Crippen LogP) is 2.48. The smallest absolute Gasteiger partial charge is 0.277 e. The molecule has 1 aromatic heterocycles. The molecule has 0 N–H and O–H groups in total. The topological polar surface area (TPSA) is 93.4 Å². The number of benzene rings is 1. The molecule has 7 nitrogen and oxygen atoms in total. The van der Waals surface area contributed by atoms with Crippen LogP contribution < -0.4 is 0 Å². The fourth-order valence-corrected chi connectivity index (χ4v) is 5.50. The highest BCUT2D eigenvalue weighted by Gasteiger charge is 2.33. The average molecular weight is 410 g/mol. The quantitative estimate of drug-likeness (QED) is 0.677. The van der Waals surface area contributed by atoms with Crippen LogP contribution in [-0.2, 0) is 14.6 Å². The lowest BCUT2D eigenvalue weighted by molar-refractivity contribution is -0.129. The molecule has 0 bridgehead atoms. The number of aryl methyl sites for hydroxylation is 2. The summed E-state index contributed by atoms with van der Waals surface area (Å²) in [5.41, 5.74) is 3.17. The molecule has 9 heteroatoms. The van der Waals surface area contributed by atoms with E-state index in [1.807, 2.05) is 39.0 Å². The molecule has 1 aliphatic rings. The summed E-state index contributed by atoms with van der Waals surface area (Å²) in [5.74, 6) is 0.642. The summed E-state index contributed by atoms with van der Waals surface area (Å²) in [5, 5.41) is 8.38. The summed E-state index contributed by atoms with van der Waals surface area (Å²) in [6, 6.07) is 5.68. The monoisotopic (exact) mass is 409 g/mol. The van der Waals surface area contributed by atoms with E-state index in [2.05, 4.69) is 10.2 Å². The molecule has 0 saturated carbocycles. The van der Waals surface area contributed by atoms with Crippen molar-refractivity contribution in [3.05, 3.63) is 29.3 Å². The lowest BCUT2D eigenvalue weighted by Gasteiger charge is -2.26. The van der Waals surface area contributed by atoms with Crippen molar-refractivity contribution >= 4 is 27.5 Å².